The van der Waals surface area contributed by atoms with Gasteiger partial charge in [-0.1, -0.05) is 45.7 Å². The lowest BCUT2D eigenvalue weighted by molar-refractivity contribution is -0.145. The van der Waals surface area contributed by atoms with Crippen LogP contribution in [0.3, 0.4) is 0 Å². The molecule has 0 spiro atoms. The quantitative estimate of drug-likeness (QED) is 0.448. The van der Waals surface area contributed by atoms with Crippen LogP contribution >= 0.6 is 31.9 Å². The highest BCUT2D eigenvalue weighted by Crippen LogP contribution is 2.35. The topological polar surface area (TPSA) is 52.6 Å². The number of rotatable bonds is 9. The predicted molar refractivity (Wildman–Crippen MR) is 76.9 cm³/mol. The first-order chi connectivity index (χ1) is 8.41. The molecule has 0 atom stereocenters. The van der Waals surface area contributed by atoms with Crippen molar-refractivity contribution in [3.63, 3.8) is 0 Å². The SMILES string of the molecule is CCCOC(=O)CCC(Br)(Br)CC(=O)OCCC. The van der Waals surface area contributed by atoms with Crippen LogP contribution in [-0.2, 0) is 19.1 Å². The fourth-order valence-corrected chi connectivity index (χ4v) is 1.99. The first-order valence-electron chi connectivity index (χ1n) is 6.10. The molecular weight excluding hydrogens is 368 g/mol. The van der Waals surface area contributed by atoms with Gasteiger partial charge in [-0.15, -0.1) is 0 Å². The smallest absolute Gasteiger partial charge is 0.308 e. The molecule has 4 nitrogen and oxygen atoms in total. The van der Waals surface area contributed by atoms with Gasteiger partial charge in [0.05, 0.1) is 22.9 Å². The van der Waals surface area contributed by atoms with E-state index in [0.29, 0.717) is 19.6 Å². The monoisotopic (exact) mass is 386 g/mol. The summed E-state index contributed by atoms with van der Waals surface area (Å²) in [4.78, 5) is 22.8. The molecule has 0 aromatic rings. The van der Waals surface area contributed by atoms with E-state index in [-0.39, 0.29) is 24.8 Å². The zero-order valence-corrected chi connectivity index (χ0v) is 14.0. The van der Waals surface area contributed by atoms with Crippen LogP contribution in [0.1, 0.15) is 46.0 Å². The van der Waals surface area contributed by atoms with E-state index < -0.39 is 3.23 Å². The Bertz CT molecular complexity index is 267. The summed E-state index contributed by atoms with van der Waals surface area (Å²) in [5.41, 5.74) is 0. The second-order valence-electron chi connectivity index (χ2n) is 3.97. The number of carbonyl (C=O) groups excluding carboxylic acids is 2. The number of alkyl halides is 2. The van der Waals surface area contributed by atoms with E-state index in [1.54, 1.807) is 0 Å². The van der Waals surface area contributed by atoms with Gasteiger partial charge in [-0.05, 0) is 19.3 Å². The van der Waals surface area contributed by atoms with Crippen molar-refractivity contribution in [2.24, 2.45) is 0 Å². The molecule has 0 fully saturated rings. The molecule has 18 heavy (non-hydrogen) atoms. The normalized spacial score (nSPS) is 11.1. The van der Waals surface area contributed by atoms with Crippen LogP contribution < -0.4 is 0 Å². The molecule has 0 rings (SSSR count). The van der Waals surface area contributed by atoms with E-state index in [9.17, 15) is 9.59 Å². The van der Waals surface area contributed by atoms with Gasteiger partial charge in [-0.2, -0.15) is 0 Å². The molecule has 0 aromatic carbocycles. The van der Waals surface area contributed by atoms with Crippen LogP contribution in [0.5, 0.6) is 0 Å². The highest BCUT2D eigenvalue weighted by Gasteiger charge is 2.28. The summed E-state index contributed by atoms with van der Waals surface area (Å²) in [6.45, 7) is 4.74. The fraction of sp³-hybridized carbons (Fsp3) is 0.833. The summed E-state index contributed by atoms with van der Waals surface area (Å²) in [6.07, 6.45) is 2.51. The Labute approximate surface area is 125 Å². The zero-order valence-electron chi connectivity index (χ0n) is 10.8. The standard InChI is InChI=1S/C12H20Br2O4/c1-3-7-17-10(15)5-6-12(13,14)9-11(16)18-8-4-2/h3-9H2,1-2H3. The van der Waals surface area contributed by atoms with Gasteiger partial charge in [0.15, 0.2) is 0 Å². The molecule has 0 aliphatic carbocycles. The molecule has 0 heterocycles. The number of halogens is 2. The Morgan fingerprint density at radius 3 is 2.00 bits per heavy atom. The number of carbonyl (C=O) groups is 2. The molecule has 0 amide bonds. The van der Waals surface area contributed by atoms with Gasteiger partial charge in [0.25, 0.3) is 0 Å². The van der Waals surface area contributed by atoms with Crippen LogP contribution in [0.4, 0.5) is 0 Å². The second kappa shape index (κ2) is 9.78. The van der Waals surface area contributed by atoms with Crippen molar-refractivity contribution in [1.82, 2.24) is 0 Å². The molecule has 0 saturated heterocycles. The van der Waals surface area contributed by atoms with Gasteiger partial charge in [-0.3, -0.25) is 9.59 Å². The van der Waals surface area contributed by atoms with Crippen molar-refractivity contribution >= 4 is 43.8 Å². The van der Waals surface area contributed by atoms with Gasteiger partial charge in [0.1, 0.15) is 0 Å². The zero-order chi connectivity index (χ0) is 14.0. The van der Waals surface area contributed by atoms with Crippen LogP contribution in [0.25, 0.3) is 0 Å². The van der Waals surface area contributed by atoms with E-state index in [0.717, 1.165) is 12.8 Å². The third-order valence-electron chi connectivity index (χ3n) is 2.03. The summed E-state index contributed by atoms with van der Waals surface area (Å²) in [6, 6.07) is 0. The number of ether oxygens (including phenoxy) is 2. The Balaban J connectivity index is 3.91. The van der Waals surface area contributed by atoms with Crippen LogP contribution in [0.15, 0.2) is 0 Å². The van der Waals surface area contributed by atoms with E-state index in [4.69, 9.17) is 9.47 Å². The molecule has 0 aromatic heterocycles. The molecule has 0 aliphatic heterocycles. The van der Waals surface area contributed by atoms with Crippen molar-refractivity contribution in [3.8, 4) is 0 Å². The lowest BCUT2D eigenvalue weighted by atomic mass is 10.2. The maximum atomic E-state index is 11.4. The van der Waals surface area contributed by atoms with Crippen molar-refractivity contribution < 1.29 is 19.1 Å². The minimum absolute atomic E-state index is 0.175. The molecule has 0 N–H and O–H groups in total. The molecule has 106 valence electrons. The Morgan fingerprint density at radius 1 is 1.00 bits per heavy atom. The van der Waals surface area contributed by atoms with Crippen molar-refractivity contribution in [2.75, 3.05) is 13.2 Å². The Hall–Kier alpha value is -0.100. The van der Waals surface area contributed by atoms with Crippen molar-refractivity contribution in [2.45, 2.75) is 49.2 Å². The summed E-state index contributed by atoms with van der Waals surface area (Å²) in [7, 11) is 0. The van der Waals surface area contributed by atoms with Crippen LogP contribution in [0.2, 0.25) is 0 Å². The van der Waals surface area contributed by atoms with Crippen LogP contribution in [-0.4, -0.2) is 28.4 Å². The predicted octanol–water partition coefficient (Wildman–Crippen LogP) is 3.55. The third kappa shape index (κ3) is 9.88. The Kier molecular flexibility index (Phi) is 9.73. The molecule has 0 aliphatic rings. The highest BCUT2D eigenvalue weighted by atomic mass is 79.9. The molecule has 0 saturated carbocycles. The molecular formula is C12H20Br2O4. The first kappa shape index (κ1) is 17.9. The van der Waals surface area contributed by atoms with E-state index >= 15 is 0 Å². The van der Waals surface area contributed by atoms with E-state index in [2.05, 4.69) is 31.9 Å². The molecule has 0 bridgehead atoms. The summed E-state index contributed by atoms with van der Waals surface area (Å²) >= 11 is 6.76. The van der Waals surface area contributed by atoms with Gasteiger partial charge in [0.2, 0.25) is 0 Å². The second-order valence-corrected chi connectivity index (χ2v) is 8.07. The summed E-state index contributed by atoms with van der Waals surface area (Å²) < 4.78 is 9.34. The first-order valence-corrected chi connectivity index (χ1v) is 7.69. The van der Waals surface area contributed by atoms with Gasteiger partial charge >= 0.3 is 11.9 Å². The summed E-state index contributed by atoms with van der Waals surface area (Å²) in [5, 5.41) is 0. The van der Waals surface area contributed by atoms with Crippen molar-refractivity contribution in [3.05, 3.63) is 0 Å². The van der Waals surface area contributed by atoms with Crippen LogP contribution in [0, 0.1) is 0 Å². The van der Waals surface area contributed by atoms with Gasteiger partial charge < -0.3 is 9.47 Å². The van der Waals surface area contributed by atoms with E-state index in [1.165, 1.54) is 0 Å². The minimum Gasteiger partial charge on any atom is -0.466 e. The minimum atomic E-state index is -0.601. The fourth-order valence-electron chi connectivity index (χ4n) is 1.14. The third-order valence-corrected chi connectivity index (χ3v) is 3.39. The number of hydrogen-bond donors (Lipinski definition) is 0. The number of esters is 2. The average molecular weight is 388 g/mol. The molecule has 6 heteroatoms. The van der Waals surface area contributed by atoms with Crippen molar-refractivity contribution in [1.29, 1.82) is 0 Å². The Morgan fingerprint density at radius 2 is 1.50 bits per heavy atom. The van der Waals surface area contributed by atoms with E-state index in [1.807, 2.05) is 13.8 Å². The number of hydrogen-bond acceptors (Lipinski definition) is 4. The van der Waals surface area contributed by atoms with Gasteiger partial charge in [0, 0.05) is 6.42 Å². The lowest BCUT2D eigenvalue weighted by Gasteiger charge is -2.18. The molecule has 0 radical (unpaired) electrons. The highest BCUT2D eigenvalue weighted by molar-refractivity contribution is 9.25. The average Bonchev–Trinajstić information content (AvgIpc) is 2.30. The maximum absolute atomic E-state index is 11.4. The molecule has 0 unspecified atom stereocenters. The largest absolute Gasteiger partial charge is 0.466 e. The summed E-state index contributed by atoms with van der Waals surface area (Å²) in [5.74, 6) is -0.533. The maximum Gasteiger partial charge on any atom is 0.308 e. The lowest BCUT2D eigenvalue weighted by Crippen LogP contribution is -2.21. The van der Waals surface area contributed by atoms with Gasteiger partial charge in [-0.25, -0.2) is 0 Å².